The first-order chi connectivity index (χ1) is 24.7. The van der Waals surface area contributed by atoms with Gasteiger partial charge in [0, 0.05) is 38.9 Å². The molecule has 3 heterocycles. The molecule has 0 spiro atoms. The first kappa shape index (κ1) is 44.2. The van der Waals surface area contributed by atoms with Crippen LogP contribution in [0.3, 0.4) is 0 Å². The van der Waals surface area contributed by atoms with Gasteiger partial charge in [-0.1, -0.05) is 6.42 Å². The lowest BCUT2D eigenvalue weighted by Gasteiger charge is -2.39. The lowest BCUT2D eigenvalue weighted by Crippen LogP contribution is -2.57. The first-order valence-electron chi connectivity index (χ1n) is 18.3. The molecule has 0 bridgehead atoms. The second kappa shape index (κ2) is 21.6. The largest absolute Gasteiger partial charge is 0.388 e. The molecule has 3 fully saturated rings. The van der Waals surface area contributed by atoms with Crippen molar-refractivity contribution in [3.05, 3.63) is 0 Å². The molecule has 12 atom stereocenters. The Morgan fingerprint density at radius 1 is 0.750 bits per heavy atom. The van der Waals surface area contributed by atoms with Gasteiger partial charge in [-0.05, 0) is 59.7 Å². The van der Waals surface area contributed by atoms with Crippen molar-refractivity contribution in [2.75, 3.05) is 60.0 Å². The van der Waals surface area contributed by atoms with Crippen LogP contribution in [0.15, 0.2) is 0 Å². The second-order valence-electron chi connectivity index (χ2n) is 14.0. The number of ether oxygens (including phenoxy) is 4. The average molecular weight is 749 g/mol. The maximum absolute atomic E-state index is 13.6. The number of aliphatic hydroxyl groups is 6. The number of ketones is 1. The fourth-order valence-electron chi connectivity index (χ4n) is 6.64. The summed E-state index contributed by atoms with van der Waals surface area (Å²) in [5.74, 6) is -2.26. The molecule has 8 N–H and O–H groups in total. The van der Waals surface area contributed by atoms with Crippen LogP contribution in [-0.4, -0.2) is 185 Å². The van der Waals surface area contributed by atoms with Crippen LogP contribution in [0.4, 0.5) is 0 Å². The molecule has 3 saturated heterocycles. The minimum atomic E-state index is -1.47. The Morgan fingerprint density at radius 2 is 1.35 bits per heavy atom. The second-order valence-corrected chi connectivity index (χ2v) is 14.0. The van der Waals surface area contributed by atoms with Crippen molar-refractivity contribution in [2.45, 2.75) is 120 Å². The predicted molar refractivity (Wildman–Crippen MR) is 182 cm³/mol. The average Bonchev–Trinajstić information content (AvgIpc) is 3.13. The van der Waals surface area contributed by atoms with Crippen LogP contribution in [0.25, 0.3) is 0 Å². The molecule has 300 valence electrons. The van der Waals surface area contributed by atoms with Gasteiger partial charge in [0.15, 0.2) is 12.6 Å². The van der Waals surface area contributed by atoms with Crippen LogP contribution in [-0.2, 0) is 38.1 Å². The van der Waals surface area contributed by atoms with E-state index in [0.717, 1.165) is 17.7 Å². The van der Waals surface area contributed by atoms with Crippen LogP contribution in [0.5, 0.6) is 0 Å². The van der Waals surface area contributed by atoms with E-state index in [-0.39, 0.29) is 69.1 Å². The molecular weight excluding hydrogens is 688 g/mol. The van der Waals surface area contributed by atoms with Gasteiger partial charge in [0.25, 0.3) is 0 Å². The van der Waals surface area contributed by atoms with Crippen molar-refractivity contribution >= 4 is 23.5 Å². The Labute approximate surface area is 304 Å². The summed E-state index contributed by atoms with van der Waals surface area (Å²) in [4.78, 5) is 54.5. The monoisotopic (exact) mass is 748 g/mol. The van der Waals surface area contributed by atoms with Crippen LogP contribution >= 0.6 is 0 Å². The summed E-state index contributed by atoms with van der Waals surface area (Å²) in [7, 11) is 3.10. The number of carbonyl (C=O) groups is 4. The third kappa shape index (κ3) is 12.4. The zero-order valence-electron chi connectivity index (χ0n) is 30.7. The fraction of sp³-hybridized carbons (Fsp3) is 0.882. The van der Waals surface area contributed by atoms with E-state index in [2.05, 4.69) is 15.5 Å². The summed E-state index contributed by atoms with van der Waals surface area (Å²) in [5, 5.41) is 65.7. The number of likely N-dealkylation sites (N-methyl/N-ethyl adjacent to an activating group) is 2. The molecule has 0 aromatic carbocycles. The van der Waals surface area contributed by atoms with Gasteiger partial charge >= 0.3 is 0 Å². The fourth-order valence-corrected chi connectivity index (χ4v) is 6.64. The van der Waals surface area contributed by atoms with Crippen LogP contribution in [0.1, 0.15) is 58.8 Å². The Kier molecular flexibility index (Phi) is 18.4. The van der Waals surface area contributed by atoms with Crippen molar-refractivity contribution < 1.29 is 68.8 Å². The number of piperidine rings is 1. The van der Waals surface area contributed by atoms with Crippen LogP contribution in [0.2, 0.25) is 0 Å². The molecule has 18 heteroatoms. The lowest BCUT2D eigenvalue weighted by atomic mass is 9.80. The van der Waals surface area contributed by atoms with E-state index in [1.807, 2.05) is 0 Å². The molecule has 3 amide bonds. The molecule has 0 unspecified atom stereocenters. The minimum absolute atomic E-state index is 0.0293. The summed E-state index contributed by atoms with van der Waals surface area (Å²) in [6.45, 7) is 4.76. The molecule has 3 aliphatic rings. The Morgan fingerprint density at radius 3 is 1.94 bits per heavy atom. The van der Waals surface area contributed by atoms with Gasteiger partial charge in [0.05, 0.1) is 37.9 Å². The Bertz CT molecular complexity index is 1150. The van der Waals surface area contributed by atoms with E-state index in [9.17, 15) is 49.8 Å². The smallest absolute Gasteiger partial charge is 0.242 e. The van der Waals surface area contributed by atoms with Gasteiger partial charge in [-0.2, -0.15) is 0 Å². The topological polar surface area (TPSA) is 257 Å². The van der Waals surface area contributed by atoms with E-state index in [4.69, 9.17) is 18.9 Å². The van der Waals surface area contributed by atoms with Crippen molar-refractivity contribution in [1.82, 2.24) is 20.4 Å². The molecule has 0 saturated carbocycles. The minimum Gasteiger partial charge on any atom is -0.388 e. The van der Waals surface area contributed by atoms with Gasteiger partial charge in [-0.25, -0.2) is 0 Å². The lowest BCUT2D eigenvalue weighted by molar-refractivity contribution is -0.293. The van der Waals surface area contributed by atoms with Gasteiger partial charge in [-0.15, -0.1) is 0 Å². The SMILES string of the molecule is CNCC(=O)N(C)C(=O)CCCCCN1CC[C@@H](C(=O)NCCO[C@@H]2O[C@@H](C)[C@@H](O)[C@@H](O)[C@@H]2O)[C@@H](C(=O)CCCO[C@@H]2O[C@@H](C)[C@@H](O)[C@@H](O)[C@@H]2O)C1. The number of rotatable bonds is 19. The van der Waals surface area contributed by atoms with Crippen molar-refractivity contribution in [2.24, 2.45) is 11.8 Å². The number of Topliss-reactive ketones (excluding diaryl/α,β-unsaturated/α-hetero) is 1. The van der Waals surface area contributed by atoms with Gasteiger partial charge in [0.2, 0.25) is 17.7 Å². The molecule has 0 aromatic rings. The summed E-state index contributed by atoms with van der Waals surface area (Å²) in [6, 6.07) is 0. The third-order valence-electron chi connectivity index (χ3n) is 10.0. The maximum atomic E-state index is 13.6. The van der Waals surface area contributed by atoms with Gasteiger partial charge in [-0.3, -0.25) is 24.1 Å². The van der Waals surface area contributed by atoms with Crippen molar-refractivity contribution in [1.29, 1.82) is 0 Å². The number of amides is 3. The molecule has 3 aliphatic heterocycles. The number of hydrogen-bond donors (Lipinski definition) is 8. The molecule has 52 heavy (non-hydrogen) atoms. The Balaban J connectivity index is 1.51. The summed E-state index contributed by atoms with van der Waals surface area (Å²) in [6.07, 6.45) is -9.13. The number of likely N-dealkylation sites (tertiary alicyclic amines) is 1. The summed E-state index contributed by atoms with van der Waals surface area (Å²) >= 11 is 0. The van der Waals surface area contributed by atoms with Crippen LogP contribution in [0, 0.1) is 11.8 Å². The highest BCUT2D eigenvalue weighted by Crippen LogP contribution is 2.28. The van der Waals surface area contributed by atoms with Gasteiger partial charge in [0.1, 0.15) is 42.4 Å². The van der Waals surface area contributed by atoms with E-state index in [0.29, 0.717) is 32.5 Å². The Hall–Kier alpha value is -2.20. The van der Waals surface area contributed by atoms with E-state index in [1.54, 1.807) is 14.0 Å². The summed E-state index contributed by atoms with van der Waals surface area (Å²) < 4.78 is 22.0. The third-order valence-corrected chi connectivity index (χ3v) is 10.0. The number of carbonyl (C=O) groups excluding carboxylic acids is 4. The van der Waals surface area contributed by atoms with Crippen LogP contribution < -0.4 is 10.6 Å². The molecule has 18 nitrogen and oxygen atoms in total. The number of hydrogen-bond acceptors (Lipinski definition) is 16. The first-order valence-corrected chi connectivity index (χ1v) is 18.3. The molecular formula is C34H60N4O14. The number of nitrogens with zero attached hydrogens (tertiary/aromatic N) is 2. The van der Waals surface area contributed by atoms with E-state index in [1.165, 1.54) is 14.0 Å². The highest BCUT2D eigenvalue weighted by atomic mass is 16.7. The molecule has 0 radical (unpaired) electrons. The molecule has 0 aliphatic carbocycles. The number of nitrogens with one attached hydrogen (secondary N) is 2. The zero-order chi connectivity index (χ0) is 38.5. The standard InChI is InChI=1S/C34H60N4O14/c1-19-26(42)28(44)30(46)33(51-19)49-15-8-9-23(39)22-18-38(13-7-5-6-10-24(40)37(4)25(41)17-35-3)14-11-21(22)32(48)36-12-16-50-34-31(47)29(45)27(43)20(2)52-34/h19-22,26-31,33-35,42-47H,5-18H2,1-4H3,(H,36,48)/t19-,20-,21+,22-,26+,27+,28+,29+,30-,31-,33+,34+/m0/s1. The highest BCUT2D eigenvalue weighted by molar-refractivity contribution is 5.95. The normalized spacial score (nSPS) is 34.1. The number of imide groups is 1. The summed E-state index contributed by atoms with van der Waals surface area (Å²) in [5.41, 5.74) is 0. The van der Waals surface area contributed by atoms with Gasteiger partial charge < -0.3 is 65.1 Å². The number of aliphatic hydroxyl groups excluding tert-OH is 6. The molecule has 0 aromatic heterocycles. The highest BCUT2D eigenvalue weighted by Gasteiger charge is 2.44. The molecule has 3 rings (SSSR count). The van der Waals surface area contributed by atoms with E-state index < -0.39 is 73.2 Å². The zero-order valence-corrected chi connectivity index (χ0v) is 30.7. The van der Waals surface area contributed by atoms with Crippen molar-refractivity contribution in [3.8, 4) is 0 Å². The van der Waals surface area contributed by atoms with Crippen molar-refractivity contribution in [3.63, 3.8) is 0 Å². The maximum Gasteiger partial charge on any atom is 0.242 e. The number of unbranched alkanes of at least 4 members (excludes halogenated alkanes) is 2. The quantitative estimate of drug-likeness (QED) is 0.0607. The predicted octanol–water partition coefficient (Wildman–Crippen LogP) is -3.16. The van der Waals surface area contributed by atoms with E-state index >= 15 is 0 Å².